The Hall–Kier alpha value is -0.610. The number of ether oxygens (including phenoxy) is 1. The van der Waals surface area contributed by atoms with Crippen molar-refractivity contribution in [3.8, 4) is 0 Å². The molecule has 0 saturated carbocycles. The van der Waals surface area contributed by atoms with Crippen LogP contribution in [0.2, 0.25) is 0 Å². The maximum absolute atomic E-state index is 11.1. The molecule has 1 unspecified atom stereocenters. The second kappa shape index (κ2) is 11.9. The van der Waals surface area contributed by atoms with Crippen molar-refractivity contribution in [3.63, 3.8) is 0 Å². The van der Waals surface area contributed by atoms with Crippen LogP contribution in [0.1, 0.15) is 58.3 Å². The van der Waals surface area contributed by atoms with E-state index in [9.17, 15) is 9.90 Å². The summed E-state index contributed by atoms with van der Waals surface area (Å²) in [5, 5.41) is 17.9. The molecule has 0 fully saturated rings. The Morgan fingerprint density at radius 2 is 1.88 bits per heavy atom. The number of aliphatic hydroxyl groups is 2. The van der Waals surface area contributed by atoms with Gasteiger partial charge in [-0.25, -0.2) is 0 Å². The Labute approximate surface area is 104 Å². The first kappa shape index (κ1) is 16.4. The zero-order chi connectivity index (χ0) is 12.9. The van der Waals surface area contributed by atoms with Crippen LogP contribution in [0.15, 0.2) is 0 Å². The van der Waals surface area contributed by atoms with Gasteiger partial charge in [0.25, 0.3) is 0 Å². The summed E-state index contributed by atoms with van der Waals surface area (Å²) in [5.41, 5.74) is 0. The predicted molar refractivity (Wildman–Crippen MR) is 66.7 cm³/mol. The number of carbonyl (C=O) groups is 1. The van der Waals surface area contributed by atoms with E-state index in [1.807, 2.05) is 0 Å². The highest BCUT2D eigenvalue weighted by Gasteiger charge is 2.03. The second-order valence-corrected chi connectivity index (χ2v) is 4.34. The predicted octanol–water partition coefficient (Wildman–Crippen LogP) is 2.02. The van der Waals surface area contributed by atoms with Crippen molar-refractivity contribution >= 4 is 5.97 Å². The Bertz CT molecular complexity index is 182. The lowest BCUT2D eigenvalue weighted by Gasteiger charge is -2.08. The summed E-state index contributed by atoms with van der Waals surface area (Å²) < 4.78 is 4.74. The quantitative estimate of drug-likeness (QED) is 0.432. The lowest BCUT2D eigenvalue weighted by Crippen LogP contribution is -2.08. The molecular weight excluding hydrogens is 220 g/mol. The molecule has 4 nitrogen and oxygen atoms in total. The minimum Gasteiger partial charge on any atom is -0.463 e. The van der Waals surface area contributed by atoms with Crippen LogP contribution in [0.4, 0.5) is 0 Å². The van der Waals surface area contributed by atoms with Gasteiger partial charge in [-0.2, -0.15) is 0 Å². The lowest BCUT2D eigenvalue weighted by atomic mass is 10.1. The van der Waals surface area contributed by atoms with Gasteiger partial charge >= 0.3 is 5.97 Å². The highest BCUT2D eigenvalue weighted by Crippen LogP contribution is 2.10. The van der Waals surface area contributed by atoms with Gasteiger partial charge in [-0.3, -0.25) is 4.79 Å². The number of esters is 1. The molecule has 0 spiro atoms. The van der Waals surface area contributed by atoms with Crippen LogP contribution in [0.25, 0.3) is 0 Å². The van der Waals surface area contributed by atoms with Crippen LogP contribution in [0.5, 0.6) is 0 Å². The first-order chi connectivity index (χ1) is 8.20. The van der Waals surface area contributed by atoms with Gasteiger partial charge in [0.15, 0.2) is 0 Å². The average molecular weight is 246 g/mol. The molecule has 0 aliphatic rings. The van der Waals surface area contributed by atoms with Crippen molar-refractivity contribution in [2.75, 3.05) is 13.2 Å². The summed E-state index contributed by atoms with van der Waals surface area (Å²) in [4.78, 5) is 11.1. The number of hydrogen-bond acceptors (Lipinski definition) is 4. The summed E-state index contributed by atoms with van der Waals surface area (Å²) in [5.74, 6) is -0.231. The van der Waals surface area contributed by atoms with Gasteiger partial charge in [0, 0.05) is 6.42 Å². The van der Waals surface area contributed by atoms with Gasteiger partial charge in [-0.05, 0) is 19.3 Å². The highest BCUT2D eigenvalue weighted by molar-refractivity contribution is 5.69. The van der Waals surface area contributed by atoms with E-state index in [0.717, 1.165) is 44.9 Å². The molecule has 0 radical (unpaired) electrons. The molecule has 4 heteroatoms. The molecule has 0 aliphatic carbocycles. The Balaban J connectivity index is 3.20. The van der Waals surface area contributed by atoms with Crippen LogP contribution >= 0.6 is 0 Å². The number of aliphatic hydroxyl groups excluding tert-OH is 2. The molecule has 0 bridgehead atoms. The van der Waals surface area contributed by atoms with E-state index >= 15 is 0 Å². The largest absolute Gasteiger partial charge is 0.463 e. The zero-order valence-corrected chi connectivity index (χ0v) is 10.9. The summed E-state index contributed by atoms with van der Waals surface area (Å²) >= 11 is 0. The third kappa shape index (κ3) is 11.6. The third-order valence-corrected chi connectivity index (χ3v) is 2.64. The molecule has 1 atom stereocenters. The van der Waals surface area contributed by atoms with E-state index in [1.165, 1.54) is 0 Å². The third-order valence-electron chi connectivity index (χ3n) is 2.64. The Morgan fingerprint density at radius 3 is 2.53 bits per heavy atom. The maximum Gasteiger partial charge on any atom is 0.305 e. The van der Waals surface area contributed by atoms with Crippen molar-refractivity contribution in [1.82, 2.24) is 0 Å². The molecule has 2 N–H and O–H groups in total. The molecule has 17 heavy (non-hydrogen) atoms. The van der Waals surface area contributed by atoms with E-state index in [-0.39, 0.29) is 25.3 Å². The van der Waals surface area contributed by atoms with Gasteiger partial charge in [0.05, 0.1) is 12.7 Å². The van der Waals surface area contributed by atoms with Crippen molar-refractivity contribution in [2.24, 2.45) is 0 Å². The van der Waals surface area contributed by atoms with Crippen molar-refractivity contribution in [3.05, 3.63) is 0 Å². The molecule has 0 amide bonds. The molecular formula is C13H26O4. The Morgan fingerprint density at radius 1 is 1.18 bits per heavy atom. The topological polar surface area (TPSA) is 66.8 Å². The smallest absolute Gasteiger partial charge is 0.305 e. The molecule has 0 aliphatic heterocycles. The number of carbonyl (C=O) groups excluding carboxylic acids is 1. The monoisotopic (exact) mass is 246 g/mol. The number of unbranched alkanes of at least 4 members (excludes halogenated alkanes) is 3. The van der Waals surface area contributed by atoms with Crippen molar-refractivity contribution in [2.45, 2.75) is 64.4 Å². The molecule has 0 aromatic rings. The fourth-order valence-electron chi connectivity index (χ4n) is 1.71. The second-order valence-electron chi connectivity index (χ2n) is 4.34. The van der Waals surface area contributed by atoms with Gasteiger partial charge in [0.2, 0.25) is 0 Å². The molecule has 0 saturated heterocycles. The standard InChI is InChI=1S/C13H26O4/c1-2-7-12(15)8-5-3-4-6-9-13(16)17-11-10-14/h12,14-15H,2-11H2,1H3. The molecule has 0 rings (SSSR count). The first-order valence-electron chi connectivity index (χ1n) is 6.65. The van der Waals surface area contributed by atoms with E-state index in [0.29, 0.717) is 6.42 Å². The van der Waals surface area contributed by atoms with Crippen LogP contribution in [-0.2, 0) is 9.53 Å². The Kier molecular flexibility index (Phi) is 11.4. The molecule has 0 aromatic carbocycles. The normalized spacial score (nSPS) is 12.4. The fraction of sp³-hybridized carbons (Fsp3) is 0.923. The van der Waals surface area contributed by atoms with E-state index in [1.54, 1.807) is 0 Å². The molecule has 0 heterocycles. The van der Waals surface area contributed by atoms with Crippen LogP contribution in [-0.4, -0.2) is 35.5 Å². The van der Waals surface area contributed by atoms with Crippen molar-refractivity contribution in [1.29, 1.82) is 0 Å². The van der Waals surface area contributed by atoms with E-state index < -0.39 is 0 Å². The number of rotatable bonds is 11. The van der Waals surface area contributed by atoms with Gasteiger partial charge in [-0.15, -0.1) is 0 Å². The molecule has 102 valence electrons. The SMILES string of the molecule is CCCC(O)CCCCCCC(=O)OCCO. The van der Waals surface area contributed by atoms with Gasteiger partial charge in [0.1, 0.15) is 6.61 Å². The lowest BCUT2D eigenvalue weighted by molar-refractivity contribution is -0.144. The summed E-state index contributed by atoms with van der Waals surface area (Å²) in [6.07, 6.45) is 6.93. The van der Waals surface area contributed by atoms with Gasteiger partial charge in [-0.1, -0.05) is 32.6 Å². The summed E-state index contributed by atoms with van der Waals surface area (Å²) in [6.45, 7) is 2.06. The fourth-order valence-corrected chi connectivity index (χ4v) is 1.71. The molecule has 0 aromatic heterocycles. The van der Waals surface area contributed by atoms with Crippen LogP contribution < -0.4 is 0 Å². The average Bonchev–Trinajstić information content (AvgIpc) is 2.31. The highest BCUT2D eigenvalue weighted by atomic mass is 16.5. The zero-order valence-electron chi connectivity index (χ0n) is 10.9. The van der Waals surface area contributed by atoms with Gasteiger partial charge < -0.3 is 14.9 Å². The van der Waals surface area contributed by atoms with Crippen molar-refractivity contribution < 1.29 is 19.7 Å². The minimum atomic E-state index is -0.231. The van der Waals surface area contributed by atoms with E-state index in [4.69, 9.17) is 9.84 Å². The van der Waals surface area contributed by atoms with Crippen LogP contribution in [0, 0.1) is 0 Å². The summed E-state index contributed by atoms with van der Waals surface area (Å²) in [7, 11) is 0. The summed E-state index contributed by atoms with van der Waals surface area (Å²) in [6, 6.07) is 0. The minimum absolute atomic E-state index is 0.0992. The first-order valence-corrected chi connectivity index (χ1v) is 6.65. The van der Waals surface area contributed by atoms with Crippen LogP contribution in [0.3, 0.4) is 0 Å². The number of hydrogen-bond donors (Lipinski definition) is 2. The van der Waals surface area contributed by atoms with E-state index in [2.05, 4.69) is 6.92 Å². The maximum atomic E-state index is 11.1.